The lowest BCUT2D eigenvalue weighted by molar-refractivity contribution is -0.121. The highest BCUT2D eigenvalue weighted by atomic mass is 32.2. The number of carbonyl (C=O) groups is 1. The number of carbonyl (C=O) groups excluding carboxylic acids is 1. The lowest BCUT2D eigenvalue weighted by atomic mass is 9.76. The number of rotatable bonds is 8. The molecule has 1 unspecified atom stereocenters. The highest BCUT2D eigenvalue weighted by molar-refractivity contribution is 7.89. The van der Waals surface area contributed by atoms with Gasteiger partial charge in [-0.1, -0.05) is 20.8 Å². The largest absolute Gasteiger partial charge is 0.355 e. The minimum absolute atomic E-state index is 0.0642. The molecule has 114 valence electrons. The van der Waals surface area contributed by atoms with Crippen LogP contribution in [0.1, 0.15) is 40.0 Å². The summed E-state index contributed by atoms with van der Waals surface area (Å²) in [5.41, 5.74) is 5.69. The van der Waals surface area contributed by atoms with E-state index >= 15 is 0 Å². The normalized spacial score (nSPS) is 14.2. The summed E-state index contributed by atoms with van der Waals surface area (Å²) in [7, 11) is -3.51. The fraction of sp³-hybridized carbons (Fsp3) is 0.917. The van der Waals surface area contributed by atoms with E-state index in [9.17, 15) is 13.2 Å². The van der Waals surface area contributed by atoms with Gasteiger partial charge in [-0.15, -0.1) is 0 Å². The van der Waals surface area contributed by atoms with Gasteiger partial charge in [-0.25, -0.2) is 13.6 Å². The summed E-state index contributed by atoms with van der Waals surface area (Å²) in [6.45, 7) is 7.06. The number of primary sulfonamides is 1. The van der Waals surface area contributed by atoms with Crippen molar-refractivity contribution in [3.63, 3.8) is 0 Å². The van der Waals surface area contributed by atoms with Crippen molar-refractivity contribution in [2.75, 3.05) is 18.8 Å². The average molecular weight is 293 g/mol. The number of hydrogen-bond donors (Lipinski definition) is 3. The molecule has 6 nitrogen and oxygen atoms in total. The Hall–Kier alpha value is -0.660. The van der Waals surface area contributed by atoms with Crippen LogP contribution in [0.5, 0.6) is 0 Å². The molecule has 0 aromatic heterocycles. The van der Waals surface area contributed by atoms with Crippen molar-refractivity contribution >= 4 is 15.9 Å². The molecule has 0 aliphatic rings. The maximum Gasteiger partial charge on any atom is 0.220 e. The van der Waals surface area contributed by atoms with Gasteiger partial charge in [-0.05, 0) is 30.7 Å². The Balaban J connectivity index is 4.06. The van der Waals surface area contributed by atoms with E-state index in [2.05, 4.69) is 26.1 Å². The number of nitrogens with one attached hydrogen (secondary N) is 1. The van der Waals surface area contributed by atoms with Crippen molar-refractivity contribution in [3.8, 4) is 0 Å². The Bertz CT molecular complexity index is 374. The van der Waals surface area contributed by atoms with Crippen molar-refractivity contribution in [1.29, 1.82) is 0 Å². The van der Waals surface area contributed by atoms with Gasteiger partial charge in [0.15, 0.2) is 0 Å². The molecule has 0 radical (unpaired) electrons. The third-order valence-electron chi connectivity index (χ3n) is 3.17. The molecule has 0 rings (SSSR count). The van der Waals surface area contributed by atoms with Crippen molar-refractivity contribution in [3.05, 3.63) is 0 Å². The van der Waals surface area contributed by atoms with Crippen LogP contribution in [0.2, 0.25) is 0 Å². The van der Waals surface area contributed by atoms with Crippen LogP contribution in [0.4, 0.5) is 0 Å². The van der Waals surface area contributed by atoms with Crippen molar-refractivity contribution in [1.82, 2.24) is 5.32 Å². The van der Waals surface area contributed by atoms with Gasteiger partial charge < -0.3 is 11.1 Å². The quantitative estimate of drug-likeness (QED) is 0.592. The van der Waals surface area contributed by atoms with Gasteiger partial charge in [0.25, 0.3) is 0 Å². The summed E-state index contributed by atoms with van der Waals surface area (Å²) >= 11 is 0. The van der Waals surface area contributed by atoms with Crippen LogP contribution in [-0.2, 0) is 14.8 Å². The Kier molecular flexibility index (Phi) is 7.54. The average Bonchev–Trinajstić information content (AvgIpc) is 2.20. The third-order valence-corrected chi connectivity index (χ3v) is 3.94. The van der Waals surface area contributed by atoms with Crippen molar-refractivity contribution in [2.24, 2.45) is 22.2 Å². The molecule has 0 bridgehead atoms. The minimum Gasteiger partial charge on any atom is -0.355 e. The van der Waals surface area contributed by atoms with E-state index in [0.29, 0.717) is 18.9 Å². The molecule has 7 heteroatoms. The molecule has 1 atom stereocenters. The molecular formula is C12H27N3O3S. The van der Waals surface area contributed by atoms with E-state index in [1.807, 2.05) is 0 Å². The fourth-order valence-electron chi connectivity index (χ4n) is 1.94. The van der Waals surface area contributed by atoms with Gasteiger partial charge in [0.1, 0.15) is 0 Å². The third kappa shape index (κ3) is 9.86. The van der Waals surface area contributed by atoms with Gasteiger partial charge in [-0.3, -0.25) is 4.79 Å². The van der Waals surface area contributed by atoms with Crippen LogP contribution in [0.25, 0.3) is 0 Å². The summed E-state index contributed by atoms with van der Waals surface area (Å²) in [6, 6.07) is 0. The molecular weight excluding hydrogens is 266 g/mol. The van der Waals surface area contributed by atoms with Crippen molar-refractivity contribution < 1.29 is 13.2 Å². The summed E-state index contributed by atoms with van der Waals surface area (Å²) in [5, 5.41) is 7.41. The van der Waals surface area contributed by atoms with Crippen LogP contribution in [0.15, 0.2) is 0 Å². The van der Waals surface area contributed by atoms with E-state index < -0.39 is 10.0 Å². The summed E-state index contributed by atoms with van der Waals surface area (Å²) in [5.74, 6) is 0.000884. The molecule has 0 aliphatic carbocycles. The van der Waals surface area contributed by atoms with E-state index in [0.717, 1.165) is 12.8 Å². The van der Waals surface area contributed by atoms with Crippen LogP contribution >= 0.6 is 0 Å². The van der Waals surface area contributed by atoms with E-state index in [1.54, 1.807) is 0 Å². The van der Waals surface area contributed by atoms with Crippen LogP contribution < -0.4 is 16.2 Å². The Morgan fingerprint density at radius 1 is 1.26 bits per heavy atom. The zero-order chi connectivity index (χ0) is 15.1. The van der Waals surface area contributed by atoms with E-state index in [4.69, 9.17) is 10.9 Å². The molecule has 1 amide bonds. The molecule has 0 saturated heterocycles. The van der Waals surface area contributed by atoms with Crippen LogP contribution in [0.3, 0.4) is 0 Å². The zero-order valence-electron chi connectivity index (χ0n) is 12.1. The smallest absolute Gasteiger partial charge is 0.220 e. The maximum absolute atomic E-state index is 11.6. The molecule has 5 N–H and O–H groups in total. The van der Waals surface area contributed by atoms with E-state index in [1.165, 1.54) is 0 Å². The lowest BCUT2D eigenvalue weighted by Gasteiger charge is -2.30. The first-order valence-electron chi connectivity index (χ1n) is 6.53. The second-order valence-electron chi connectivity index (χ2n) is 5.90. The Morgan fingerprint density at radius 3 is 2.26 bits per heavy atom. The minimum atomic E-state index is -3.51. The molecule has 0 fully saturated rings. The van der Waals surface area contributed by atoms with Gasteiger partial charge in [0, 0.05) is 13.0 Å². The molecule has 0 aliphatic heterocycles. The maximum atomic E-state index is 11.6. The van der Waals surface area contributed by atoms with Gasteiger partial charge >= 0.3 is 0 Å². The highest BCUT2D eigenvalue weighted by Gasteiger charge is 2.24. The zero-order valence-corrected chi connectivity index (χ0v) is 12.9. The molecule has 0 spiro atoms. The molecule has 0 aromatic rings. The monoisotopic (exact) mass is 293 g/mol. The van der Waals surface area contributed by atoms with E-state index in [-0.39, 0.29) is 23.6 Å². The van der Waals surface area contributed by atoms with Crippen LogP contribution in [0, 0.1) is 11.3 Å². The first kappa shape index (κ1) is 18.3. The Labute approximate surface area is 116 Å². The standard InChI is InChI=1S/C12H27N3O3S/c1-12(2,3)10(6-7-13)4-5-11(16)15-8-9-19(14,17)18/h10H,4-9,13H2,1-3H3,(H,15,16)(H2,14,17,18). The summed E-state index contributed by atoms with van der Waals surface area (Å²) < 4.78 is 21.4. The Morgan fingerprint density at radius 2 is 1.84 bits per heavy atom. The summed E-state index contributed by atoms with van der Waals surface area (Å²) in [4.78, 5) is 11.6. The SMILES string of the molecule is CC(C)(C)C(CCN)CCC(=O)NCCS(N)(=O)=O. The second kappa shape index (κ2) is 7.81. The number of sulfonamides is 1. The highest BCUT2D eigenvalue weighted by Crippen LogP contribution is 2.31. The molecule has 0 saturated carbocycles. The van der Waals surface area contributed by atoms with Gasteiger partial charge in [-0.2, -0.15) is 0 Å². The van der Waals surface area contributed by atoms with Crippen LogP contribution in [-0.4, -0.2) is 33.2 Å². The lowest BCUT2D eigenvalue weighted by Crippen LogP contribution is -2.32. The predicted molar refractivity (Wildman–Crippen MR) is 76.8 cm³/mol. The molecule has 19 heavy (non-hydrogen) atoms. The first-order valence-corrected chi connectivity index (χ1v) is 8.25. The molecule has 0 aromatic carbocycles. The second-order valence-corrected chi connectivity index (χ2v) is 7.63. The van der Waals surface area contributed by atoms with Gasteiger partial charge in [0.05, 0.1) is 5.75 Å². The van der Waals surface area contributed by atoms with Gasteiger partial charge in [0.2, 0.25) is 15.9 Å². The first-order chi connectivity index (χ1) is 8.56. The van der Waals surface area contributed by atoms with Crippen molar-refractivity contribution in [2.45, 2.75) is 40.0 Å². The molecule has 0 heterocycles. The number of amides is 1. The fourth-order valence-corrected chi connectivity index (χ4v) is 2.32. The number of nitrogens with two attached hydrogens (primary N) is 2. The number of hydrogen-bond acceptors (Lipinski definition) is 4. The predicted octanol–water partition coefficient (Wildman–Crippen LogP) is 0.182. The topological polar surface area (TPSA) is 115 Å². The summed E-state index contributed by atoms with van der Waals surface area (Å²) in [6.07, 6.45) is 2.02.